The van der Waals surface area contributed by atoms with Gasteiger partial charge in [0.05, 0.1) is 0 Å². The van der Waals surface area contributed by atoms with Crippen molar-refractivity contribution in [1.82, 2.24) is 10.6 Å². The lowest BCUT2D eigenvalue weighted by atomic mass is 10.1. The number of hydrogen-bond donors (Lipinski definition) is 2. The third-order valence-electron chi connectivity index (χ3n) is 3.46. The number of rotatable bonds is 10. The zero-order valence-corrected chi connectivity index (χ0v) is 12.5. The second-order valence-corrected chi connectivity index (χ2v) is 5.33. The Hall–Kier alpha value is -1.06. The molecular weight excluding hydrogens is 238 g/mol. The predicted octanol–water partition coefficient (Wildman–Crippen LogP) is 2.98. The van der Waals surface area contributed by atoms with Gasteiger partial charge >= 0.3 is 0 Å². The molecule has 0 radical (unpaired) electrons. The Morgan fingerprint density at radius 2 is 1.68 bits per heavy atom. The number of unbranched alkanes of at least 4 members (excludes halogenated alkanes) is 6. The molecule has 110 valence electrons. The van der Waals surface area contributed by atoms with E-state index >= 15 is 0 Å². The summed E-state index contributed by atoms with van der Waals surface area (Å²) >= 11 is 0. The Morgan fingerprint density at radius 3 is 2.37 bits per heavy atom. The van der Waals surface area contributed by atoms with Crippen LogP contribution >= 0.6 is 0 Å². The van der Waals surface area contributed by atoms with Gasteiger partial charge in [-0.15, -0.1) is 0 Å². The van der Waals surface area contributed by atoms with Crippen molar-refractivity contribution in [1.29, 1.82) is 0 Å². The van der Waals surface area contributed by atoms with Gasteiger partial charge in [0, 0.05) is 6.54 Å². The third kappa shape index (κ3) is 6.60. The minimum Gasteiger partial charge on any atom is -0.344 e. The fraction of sp³-hybridized carbons (Fsp3) is 0.867. The summed E-state index contributed by atoms with van der Waals surface area (Å²) in [4.78, 5) is 16.0. The molecule has 1 aliphatic rings. The maximum Gasteiger partial charge on any atom is 0.249 e. The average molecular weight is 267 g/mol. The summed E-state index contributed by atoms with van der Waals surface area (Å²) < 4.78 is 0. The van der Waals surface area contributed by atoms with Crippen LogP contribution in [0.5, 0.6) is 0 Å². The number of nitrogens with zero attached hydrogens (tertiary/aromatic N) is 1. The molecule has 4 heteroatoms. The molecule has 2 N–H and O–H groups in total. The molecule has 19 heavy (non-hydrogen) atoms. The standard InChI is InChI=1S/C15H29N3O/c1-3-5-6-7-8-9-10-11-13-14(19)18-15(17-13)16-12-4-2/h13H,3-12H2,1-2H3,(H2,16,17,18,19). The summed E-state index contributed by atoms with van der Waals surface area (Å²) in [6.45, 7) is 5.09. The first-order valence-electron chi connectivity index (χ1n) is 7.89. The van der Waals surface area contributed by atoms with Gasteiger partial charge in [-0.1, -0.05) is 58.8 Å². The first-order chi connectivity index (χ1) is 9.27. The second-order valence-electron chi connectivity index (χ2n) is 5.33. The summed E-state index contributed by atoms with van der Waals surface area (Å²) in [7, 11) is 0. The number of carbonyl (C=O) groups is 1. The Labute approximate surface area is 117 Å². The third-order valence-corrected chi connectivity index (χ3v) is 3.46. The molecule has 1 atom stereocenters. The molecule has 1 aliphatic heterocycles. The van der Waals surface area contributed by atoms with E-state index in [1.807, 2.05) is 0 Å². The van der Waals surface area contributed by atoms with Crippen LogP contribution in [0.1, 0.15) is 71.6 Å². The van der Waals surface area contributed by atoms with Crippen LogP contribution in [0.15, 0.2) is 4.99 Å². The molecule has 1 unspecified atom stereocenters. The van der Waals surface area contributed by atoms with Crippen LogP contribution in [0.4, 0.5) is 0 Å². The van der Waals surface area contributed by atoms with Crippen LogP contribution in [0.25, 0.3) is 0 Å². The predicted molar refractivity (Wildman–Crippen MR) is 80.3 cm³/mol. The van der Waals surface area contributed by atoms with E-state index in [2.05, 4.69) is 29.5 Å². The molecule has 0 aliphatic carbocycles. The normalized spacial score (nSPS) is 20.6. The molecule has 1 heterocycles. The Morgan fingerprint density at radius 1 is 1.00 bits per heavy atom. The molecule has 1 fully saturated rings. The number of nitrogens with one attached hydrogen (secondary N) is 2. The molecule has 0 bridgehead atoms. The first-order valence-corrected chi connectivity index (χ1v) is 7.89. The van der Waals surface area contributed by atoms with E-state index in [1.165, 1.54) is 38.5 Å². The van der Waals surface area contributed by atoms with Crippen molar-refractivity contribution >= 4 is 11.9 Å². The maximum absolute atomic E-state index is 11.7. The van der Waals surface area contributed by atoms with Gasteiger partial charge in [0.2, 0.25) is 5.91 Å². The smallest absolute Gasteiger partial charge is 0.249 e. The van der Waals surface area contributed by atoms with Crippen LogP contribution < -0.4 is 10.6 Å². The fourth-order valence-corrected chi connectivity index (χ4v) is 2.29. The number of guanidine groups is 1. The van der Waals surface area contributed by atoms with Crippen LogP contribution in [0.3, 0.4) is 0 Å². The molecule has 0 aromatic heterocycles. The summed E-state index contributed by atoms with van der Waals surface area (Å²) in [6.07, 6.45) is 10.9. The molecular formula is C15H29N3O. The van der Waals surface area contributed by atoms with Crippen LogP contribution in [-0.2, 0) is 4.79 Å². The Bertz CT molecular complexity index is 289. The van der Waals surface area contributed by atoms with Gasteiger partial charge < -0.3 is 5.32 Å². The summed E-state index contributed by atoms with van der Waals surface area (Å²) in [5.41, 5.74) is 0. The fourth-order valence-electron chi connectivity index (χ4n) is 2.29. The quantitative estimate of drug-likeness (QED) is 0.598. The highest BCUT2D eigenvalue weighted by Gasteiger charge is 2.26. The van der Waals surface area contributed by atoms with E-state index in [0.29, 0.717) is 5.96 Å². The topological polar surface area (TPSA) is 53.5 Å². The van der Waals surface area contributed by atoms with Gasteiger partial charge in [-0.05, 0) is 12.8 Å². The highest BCUT2D eigenvalue weighted by molar-refractivity contribution is 6.06. The van der Waals surface area contributed by atoms with Crippen LogP contribution in [-0.4, -0.2) is 24.5 Å². The van der Waals surface area contributed by atoms with E-state index < -0.39 is 0 Å². The van der Waals surface area contributed by atoms with Gasteiger partial charge in [-0.3, -0.25) is 15.1 Å². The molecule has 1 amide bonds. The molecule has 1 saturated heterocycles. The van der Waals surface area contributed by atoms with Gasteiger partial charge in [0.15, 0.2) is 5.96 Å². The van der Waals surface area contributed by atoms with E-state index in [-0.39, 0.29) is 11.9 Å². The van der Waals surface area contributed by atoms with Crippen molar-refractivity contribution in [3.63, 3.8) is 0 Å². The zero-order chi connectivity index (χ0) is 13.9. The van der Waals surface area contributed by atoms with Crippen molar-refractivity contribution in [3.05, 3.63) is 0 Å². The SMILES string of the molecule is CCCCCCCCCC1NC(=NCCC)NC1=O. The van der Waals surface area contributed by atoms with Crippen molar-refractivity contribution in [3.8, 4) is 0 Å². The average Bonchev–Trinajstić information content (AvgIpc) is 2.76. The summed E-state index contributed by atoms with van der Waals surface area (Å²) in [6, 6.07) is -0.0637. The summed E-state index contributed by atoms with van der Waals surface area (Å²) in [5.74, 6) is 0.751. The minimum atomic E-state index is -0.0637. The van der Waals surface area contributed by atoms with Crippen LogP contribution in [0.2, 0.25) is 0 Å². The minimum absolute atomic E-state index is 0.0637. The highest BCUT2D eigenvalue weighted by atomic mass is 16.2. The maximum atomic E-state index is 11.7. The molecule has 1 rings (SSSR count). The monoisotopic (exact) mass is 267 g/mol. The Kier molecular flexibility index (Phi) is 8.26. The molecule has 0 saturated carbocycles. The number of carbonyl (C=O) groups excluding carboxylic acids is 1. The molecule has 4 nitrogen and oxygen atoms in total. The lowest BCUT2D eigenvalue weighted by Gasteiger charge is -2.07. The van der Waals surface area contributed by atoms with Crippen molar-refractivity contribution in [2.24, 2.45) is 4.99 Å². The van der Waals surface area contributed by atoms with Crippen molar-refractivity contribution in [2.75, 3.05) is 6.54 Å². The van der Waals surface area contributed by atoms with E-state index in [1.54, 1.807) is 0 Å². The van der Waals surface area contributed by atoms with E-state index in [4.69, 9.17) is 0 Å². The lowest BCUT2D eigenvalue weighted by Crippen LogP contribution is -2.29. The highest BCUT2D eigenvalue weighted by Crippen LogP contribution is 2.11. The van der Waals surface area contributed by atoms with Crippen molar-refractivity contribution < 1.29 is 4.79 Å². The molecule has 0 spiro atoms. The number of hydrogen-bond acceptors (Lipinski definition) is 2. The van der Waals surface area contributed by atoms with E-state index in [0.717, 1.165) is 25.8 Å². The van der Waals surface area contributed by atoms with Gasteiger partial charge in [-0.2, -0.15) is 0 Å². The van der Waals surface area contributed by atoms with E-state index in [9.17, 15) is 4.79 Å². The zero-order valence-electron chi connectivity index (χ0n) is 12.5. The first kappa shape index (κ1) is 16.0. The molecule has 0 aromatic carbocycles. The van der Waals surface area contributed by atoms with Gasteiger partial charge in [0.1, 0.15) is 6.04 Å². The van der Waals surface area contributed by atoms with Gasteiger partial charge in [0.25, 0.3) is 0 Å². The van der Waals surface area contributed by atoms with Gasteiger partial charge in [-0.25, -0.2) is 0 Å². The number of aliphatic imine (C=N–C) groups is 1. The van der Waals surface area contributed by atoms with Crippen LogP contribution in [0, 0.1) is 0 Å². The lowest BCUT2D eigenvalue weighted by molar-refractivity contribution is -0.120. The number of amides is 1. The largest absolute Gasteiger partial charge is 0.344 e. The van der Waals surface area contributed by atoms with Crippen molar-refractivity contribution in [2.45, 2.75) is 77.7 Å². The second kappa shape index (κ2) is 9.82. The summed E-state index contributed by atoms with van der Waals surface area (Å²) in [5, 5.41) is 5.98. The Balaban J connectivity index is 2.08. The molecule has 0 aromatic rings.